The molecule has 0 aliphatic heterocycles. The van der Waals surface area contributed by atoms with Gasteiger partial charge >= 0.3 is 0 Å². The zero-order valence-electron chi connectivity index (χ0n) is 27.0. The molecule has 0 aromatic heterocycles. The van der Waals surface area contributed by atoms with Crippen LogP contribution in [0.1, 0.15) is 33.4 Å². The van der Waals surface area contributed by atoms with Gasteiger partial charge in [-0.05, 0) is 136 Å². The zero-order chi connectivity index (χ0) is 31.7. The van der Waals surface area contributed by atoms with E-state index < -0.39 is 0 Å². The van der Waals surface area contributed by atoms with E-state index >= 15 is 0 Å². The Hall–Kier alpha value is -5.28. The Labute approximate surface area is 267 Å². The van der Waals surface area contributed by atoms with Gasteiger partial charge in [0.1, 0.15) is 5.75 Å². The molecule has 6 rings (SSSR count). The van der Waals surface area contributed by atoms with Crippen molar-refractivity contribution in [2.75, 3.05) is 9.80 Å². The number of benzene rings is 6. The van der Waals surface area contributed by atoms with Crippen LogP contribution in [0.3, 0.4) is 0 Å². The number of phenols is 1. The highest BCUT2D eigenvalue weighted by Gasteiger charge is 2.18. The van der Waals surface area contributed by atoms with Gasteiger partial charge in [0.15, 0.2) is 0 Å². The first-order valence-corrected chi connectivity index (χ1v) is 15.5. The molecule has 3 heteroatoms. The van der Waals surface area contributed by atoms with E-state index in [-0.39, 0.29) is 5.75 Å². The van der Waals surface area contributed by atoms with Crippen LogP contribution in [0, 0.1) is 41.5 Å². The summed E-state index contributed by atoms with van der Waals surface area (Å²) in [5, 5.41) is 9.94. The van der Waals surface area contributed by atoms with Crippen molar-refractivity contribution in [3.05, 3.63) is 161 Å². The number of rotatable bonds is 7. The maximum Gasteiger partial charge on any atom is 0.115 e. The Morgan fingerprint density at radius 2 is 0.667 bits per heavy atom. The van der Waals surface area contributed by atoms with Crippen LogP contribution in [0.5, 0.6) is 5.75 Å². The van der Waals surface area contributed by atoms with Crippen LogP contribution >= 0.6 is 0 Å². The molecule has 0 fully saturated rings. The zero-order valence-corrected chi connectivity index (χ0v) is 27.0. The lowest BCUT2D eigenvalue weighted by Crippen LogP contribution is -2.13. The van der Waals surface area contributed by atoms with Gasteiger partial charge in [-0.25, -0.2) is 0 Å². The van der Waals surface area contributed by atoms with E-state index in [4.69, 9.17) is 0 Å². The Kier molecular flexibility index (Phi) is 8.19. The second-order valence-electron chi connectivity index (χ2n) is 12.2. The monoisotopic (exact) mass is 588 g/mol. The van der Waals surface area contributed by atoms with Crippen LogP contribution in [0.2, 0.25) is 0 Å². The van der Waals surface area contributed by atoms with Gasteiger partial charge in [0, 0.05) is 34.1 Å². The Morgan fingerprint density at radius 3 is 1.02 bits per heavy atom. The van der Waals surface area contributed by atoms with Crippen molar-refractivity contribution in [3.63, 3.8) is 0 Å². The van der Waals surface area contributed by atoms with Crippen molar-refractivity contribution >= 4 is 34.1 Å². The maximum absolute atomic E-state index is 9.94. The fourth-order valence-corrected chi connectivity index (χ4v) is 6.21. The second kappa shape index (κ2) is 12.4. The predicted octanol–water partition coefficient (Wildman–Crippen LogP) is 11.8. The summed E-state index contributed by atoms with van der Waals surface area (Å²) in [7, 11) is 0. The van der Waals surface area contributed by atoms with E-state index in [0.29, 0.717) is 0 Å². The minimum Gasteiger partial charge on any atom is -0.508 e. The molecular formula is C42H40N2O. The standard InChI is InChI=1S/C42H40N2O/c1-28-7-22-40(31(4)25-28)43(37-18-20-39(45)21-19-37)36-14-10-34(11-15-36)35-12-16-38(17-13-35)44(41-23-8-29(2)26-32(41)5)42-24-9-30(3)27-33(42)6/h7-27,45H,1-6H3. The summed E-state index contributed by atoms with van der Waals surface area (Å²) >= 11 is 0. The van der Waals surface area contributed by atoms with E-state index in [1.807, 2.05) is 12.1 Å². The molecule has 0 heterocycles. The molecule has 1 N–H and O–H groups in total. The van der Waals surface area contributed by atoms with E-state index in [9.17, 15) is 5.11 Å². The maximum atomic E-state index is 9.94. The normalized spacial score (nSPS) is 11.0. The number of anilines is 6. The average Bonchev–Trinajstić information content (AvgIpc) is 3.02. The van der Waals surface area contributed by atoms with Gasteiger partial charge in [0.05, 0.1) is 0 Å². The van der Waals surface area contributed by atoms with Gasteiger partial charge in [0.25, 0.3) is 0 Å². The summed E-state index contributed by atoms with van der Waals surface area (Å²) in [5.74, 6) is 0.256. The molecule has 224 valence electrons. The summed E-state index contributed by atoms with van der Waals surface area (Å²) in [4.78, 5) is 4.61. The van der Waals surface area contributed by atoms with Gasteiger partial charge < -0.3 is 14.9 Å². The minimum absolute atomic E-state index is 0.256. The molecule has 0 unspecified atom stereocenters. The number of hydrogen-bond acceptors (Lipinski definition) is 3. The highest BCUT2D eigenvalue weighted by molar-refractivity contribution is 5.83. The van der Waals surface area contributed by atoms with Gasteiger partial charge in [-0.15, -0.1) is 0 Å². The third kappa shape index (κ3) is 6.21. The summed E-state index contributed by atoms with van der Waals surface area (Å²) in [5.41, 5.74) is 16.4. The lowest BCUT2D eigenvalue weighted by molar-refractivity contribution is 0.475. The van der Waals surface area contributed by atoms with Gasteiger partial charge in [0.2, 0.25) is 0 Å². The Morgan fingerprint density at radius 1 is 0.356 bits per heavy atom. The highest BCUT2D eigenvalue weighted by atomic mass is 16.3. The van der Waals surface area contributed by atoms with Crippen LogP contribution in [-0.4, -0.2) is 5.11 Å². The molecule has 0 amide bonds. The van der Waals surface area contributed by atoms with Gasteiger partial charge in [-0.2, -0.15) is 0 Å². The van der Waals surface area contributed by atoms with Crippen LogP contribution < -0.4 is 9.80 Å². The van der Waals surface area contributed by atoms with Crippen molar-refractivity contribution in [1.29, 1.82) is 0 Å². The Balaban J connectivity index is 1.36. The smallest absolute Gasteiger partial charge is 0.115 e. The molecule has 0 saturated heterocycles. The number of aromatic hydroxyl groups is 1. The largest absolute Gasteiger partial charge is 0.508 e. The van der Waals surface area contributed by atoms with Crippen molar-refractivity contribution in [1.82, 2.24) is 0 Å². The number of nitrogens with zero attached hydrogens (tertiary/aromatic N) is 2. The van der Waals surface area contributed by atoms with Crippen LogP contribution in [-0.2, 0) is 0 Å². The number of hydrogen-bond donors (Lipinski definition) is 1. The molecule has 3 nitrogen and oxygen atoms in total. The topological polar surface area (TPSA) is 26.7 Å². The van der Waals surface area contributed by atoms with Crippen molar-refractivity contribution in [2.24, 2.45) is 0 Å². The molecule has 0 aliphatic rings. The second-order valence-corrected chi connectivity index (χ2v) is 12.2. The molecule has 45 heavy (non-hydrogen) atoms. The first kappa shape index (κ1) is 29.8. The lowest BCUT2D eigenvalue weighted by atomic mass is 10.0. The summed E-state index contributed by atoms with van der Waals surface area (Å²) in [6.45, 7) is 12.9. The molecule has 6 aromatic carbocycles. The van der Waals surface area contributed by atoms with Crippen molar-refractivity contribution in [3.8, 4) is 16.9 Å². The fourth-order valence-electron chi connectivity index (χ4n) is 6.21. The molecule has 6 aromatic rings. The van der Waals surface area contributed by atoms with E-state index in [0.717, 1.165) is 33.9 Å². The lowest BCUT2D eigenvalue weighted by Gasteiger charge is -2.29. The summed E-state index contributed by atoms with van der Waals surface area (Å²) in [6, 6.07) is 44.8. The molecule has 0 radical (unpaired) electrons. The van der Waals surface area contributed by atoms with Crippen LogP contribution in [0.15, 0.2) is 127 Å². The molecule has 0 bridgehead atoms. The molecule has 0 atom stereocenters. The molecule has 0 saturated carbocycles. The molecular weight excluding hydrogens is 548 g/mol. The van der Waals surface area contributed by atoms with Crippen LogP contribution in [0.25, 0.3) is 11.1 Å². The number of phenolic OH excluding ortho intramolecular Hbond substituents is 1. The summed E-state index contributed by atoms with van der Waals surface area (Å²) < 4.78 is 0. The number of aryl methyl sites for hydroxylation is 6. The van der Waals surface area contributed by atoms with E-state index in [1.165, 1.54) is 44.8 Å². The van der Waals surface area contributed by atoms with E-state index in [1.54, 1.807) is 12.1 Å². The van der Waals surface area contributed by atoms with E-state index in [2.05, 4.69) is 154 Å². The SMILES string of the molecule is Cc1ccc(N(c2ccc(O)cc2)c2ccc(-c3ccc(N(c4ccc(C)cc4C)c4ccc(C)cc4C)cc3)cc2)c(C)c1. The Bertz CT molecular complexity index is 1900. The molecule has 0 aliphatic carbocycles. The van der Waals surface area contributed by atoms with Crippen molar-refractivity contribution < 1.29 is 5.11 Å². The first-order chi connectivity index (χ1) is 21.7. The van der Waals surface area contributed by atoms with Gasteiger partial charge in [-0.3, -0.25) is 0 Å². The third-order valence-electron chi connectivity index (χ3n) is 8.47. The molecule has 0 spiro atoms. The highest BCUT2D eigenvalue weighted by Crippen LogP contribution is 2.41. The predicted molar refractivity (Wildman–Crippen MR) is 191 cm³/mol. The van der Waals surface area contributed by atoms with Crippen molar-refractivity contribution in [2.45, 2.75) is 41.5 Å². The van der Waals surface area contributed by atoms with Crippen LogP contribution in [0.4, 0.5) is 34.1 Å². The minimum atomic E-state index is 0.256. The third-order valence-corrected chi connectivity index (χ3v) is 8.47. The summed E-state index contributed by atoms with van der Waals surface area (Å²) in [6.07, 6.45) is 0. The van der Waals surface area contributed by atoms with Gasteiger partial charge in [-0.1, -0.05) is 77.4 Å². The quantitative estimate of drug-likeness (QED) is 0.201. The fraction of sp³-hybridized carbons (Fsp3) is 0.143. The first-order valence-electron chi connectivity index (χ1n) is 15.5. The average molecular weight is 589 g/mol.